The van der Waals surface area contributed by atoms with Crippen LogP contribution < -0.4 is 0 Å². The van der Waals surface area contributed by atoms with Crippen LogP contribution >= 0.6 is 0 Å². The number of carbonyl (C=O) groups excluding carboxylic acids is 1. The molecule has 0 saturated carbocycles. The molecule has 1 N–H and O–H groups in total. The van der Waals surface area contributed by atoms with Crippen molar-refractivity contribution in [3.05, 3.63) is 35.9 Å². The number of nitrogens with zero attached hydrogens (tertiary/aromatic N) is 1. The van der Waals surface area contributed by atoms with Crippen LogP contribution in [0.25, 0.3) is 0 Å². The van der Waals surface area contributed by atoms with Crippen molar-refractivity contribution in [2.24, 2.45) is 0 Å². The minimum absolute atomic E-state index is 0.0729. The predicted molar refractivity (Wildman–Crippen MR) is 116 cm³/mol. The number of esters is 1. The molecule has 0 spiro atoms. The quantitative estimate of drug-likeness (QED) is 0.176. The number of ether oxygens (including phenoxy) is 1. The third-order valence-corrected chi connectivity index (χ3v) is 5.66. The summed E-state index contributed by atoms with van der Waals surface area (Å²) in [5.74, 6) is -0.120. The number of quaternary nitrogens is 1. The molecule has 0 amide bonds. The van der Waals surface area contributed by atoms with Crippen molar-refractivity contribution in [3.8, 4) is 0 Å². The van der Waals surface area contributed by atoms with Crippen LogP contribution in [0, 0.1) is 0 Å². The molecule has 0 aromatic heterocycles. The standard InChI is InChI=1S/C24H42NO3/c1-4-5-6-7-8-9-10-11-15-18-24(27)28-22(2)25(3,19-20-26)21-23-16-13-12-14-17-23/h12-14,16-17,22,26H,4-11,15,18-21H2,1-3H3/q+1. The summed E-state index contributed by atoms with van der Waals surface area (Å²) in [4.78, 5) is 12.3. The predicted octanol–water partition coefficient (Wildman–Crippen LogP) is 5.44. The normalized spacial score (nSPS) is 14.4. The Morgan fingerprint density at radius 3 is 2.14 bits per heavy atom. The molecule has 160 valence electrons. The van der Waals surface area contributed by atoms with Gasteiger partial charge in [0.25, 0.3) is 0 Å². The average molecular weight is 393 g/mol. The molecule has 4 nitrogen and oxygen atoms in total. The first kappa shape index (κ1) is 24.6. The van der Waals surface area contributed by atoms with E-state index in [4.69, 9.17) is 4.74 Å². The highest BCUT2D eigenvalue weighted by molar-refractivity contribution is 5.69. The van der Waals surface area contributed by atoms with E-state index in [1.807, 2.05) is 32.2 Å². The van der Waals surface area contributed by atoms with Gasteiger partial charge >= 0.3 is 5.97 Å². The van der Waals surface area contributed by atoms with Crippen molar-refractivity contribution in [2.75, 3.05) is 20.2 Å². The average Bonchev–Trinajstić information content (AvgIpc) is 2.67. The highest BCUT2D eigenvalue weighted by atomic mass is 16.6. The first-order valence-corrected chi connectivity index (χ1v) is 11.2. The number of carbonyl (C=O) groups is 1. The van der Waals surface area contributed by atoms with Gasteiger partial charge in [0.1, 0.15) is 13.1 Å². The van der Waals surface area contributed by atoms with Gasteiger partial charge in [-0.25, -0.2) is 0 Å². The number of benzene rings is 1. The SMILES string of the molecule is CCCCCCCCCCCC(=O)OC(C)[N+](C)(CCO)Cc1ccccc1. The van der Waals surface area contributed by atoms with Crippen LogP contribution in [0.15, 0.2) is 30.3 Å². The Kier molecular flexibility index (Phi) is 12.8. The number of aliphatic hydroxyl groups excluding tert-OH is 1. The van der Waals surface area contributed by atoms with Crippen molar-refractivity contribution in [2.45, 2.75) is 90.8 Å². The van der Waals surface area contributed by atoms with Crippen LogP contribution in [0.2, 0.25) is 0 Å². The molecule has 0 aliphatic carbocycles. The Bertz CT molecular complexity index is 520. The van der Waals surface area contributed by atoms with E-state index < -0.39 is 0 Å². The zero-order valence-electron chi connectivity index (χ0n) is 18.4. The van der Waals surface area contributed by atoms with Crippen LogP contribution in [-0.2, 0) is 16.1 Å². The lowest BCUT2D eigenvalue weighted by molar-refractivity contribution is -0.962. The molecule has 28 heavy (non-hydrogen) atoms. The van der Waals surface area contributed by atoms with Gasteiger partial charge in [0.2, 0.25) is 6.23 Å². The van der Waals surface area contributed by atoms with Crippen molar-refractivity contribution < 1.29 is 19.1 Å². The molecule has 4 heteroatoms. The van der Waals surface area contributed by atoms with E-state index in [9.17, 15) is 9.90 Å². The topological polar surface area (TPSA) is 46.5 Å². The molecule has 0 bridgehead atoms. The van der Waals surface area contributed by atoms with Gasteiger partial charge in [-0.15, -0.1) is 0 Å². The summed E-state index contributed by atoms with van der Waals surface area (Å²) >= 11 is 0. The highest BCUT2D eigenvalue weighted by Gasteiger charge is 2.31. The maximum absolute atomic E-state index is 12.3. The first-order chi connectivity index (χ1) is 13.5. The van der Waals surface area contributed by atoms with E-state index in [-0.39, 0.29) is 18.8 Å². The molecule has 1 rings (SSSR count). The number of hydrogen-bond donors (Lipinski definition) is 1. The van der Waals surface area contributed by atoms with Crippen molar-refractivity contribution >= 4 is 5.97 Å². The van der Waals surface area contributed by atoms with Gasteiger partial charge < -0.3 is 9.84 Å². The molecule has 0 heterocycles. The Morgan fingerprint density at radius 2 is 1.57 bits per heavy atom. The first-order valence-electron chi connectivity index (χ1n) is 11.2. The summed E-state index contributed by atoms with van der Waals surface area (Å²) in [5, 5.41) is 9.50. The zero-order valence-corrected chi connectivity index (χ0v) is 18.4. The van der Waals surface area contributed by atoms with E-state index in [1.54, 1.807) is 0 Å². The van der Waals surface area contributed by atoms with Crippen LogP contribution in [0.3, 0.4) is 0 Å². The second-order valence-corrected chi connectivity index (χ2v) is 8.24. The van der Waals surface area contributed by atoms with Crippen LogP contribution in [-0.4, -0.2) is 42.0 Å². The second-order valence-electron chi connectivity index (χ2n) is 8.24. The molecule has 2 atom stereocenters. The lowest BCUT2D eigenvalue weighted by atomic mass is 10.1. The molecule has 1 aromatic carbocycles. The molecule has 1 aromatic rings. The van der Waals surface area contributed by atoms with E-state index in [0.29, 0.717) is 17.4 Å². The molecular weight excluding hydrogens is 350 g/mol. The minimum atomic E-state index is -0.279. The highest BCUT2D eigenvalue weighted by Crippen LogP contribution is 2.19. The summed E-state index contributed by atoms with van der Waals surface area (Å²) in [6, 6.07) is 10.2. The summed E-state index contributed by atoms with van der Waals surface area (Å²) in [7, 11) is 2.04. The van der Waals surface area contributed by atoms with Gasteiger partial charge in [-0.1, -0.05) is 88.6 Å². The fourth-order valence-corrected chi connectivity index (χ4v) is 3.57. The number of likely N-dealkylation sites (N-methyl/N-ethyl adjacent to an activating group) is 1. The maximum Gasteiger partial charge on any atom is 0.310 e. The fourth-order valence-electron chi connectivity index (χ4n) is 3.57. The van der Waals surface area contributed by atoms with Crippen LogP contribution in [0.4, 0.5) is 0 Å². The lowest BCUT2D eigenvalue weighted by Gasteiger charge is -2.38. The summed E-state index contributed by atoms with van der Waals surface area (Å²) in [6.07, 6.45) is 11.4. The van der Waals surface area contributed by atoms with Gasteiger partial charge in [0.15, 0.2) is 0 Å². The van der Waals surface area contributed by atoms with Crippen LogP contribution in [0.1, 0.15) is 83.6 Å². The summed E-state index contributed by atoms with van der Waals surface area (Å²) < 4.78 is 6.22. The Hall–Kier alpha value is -1.39. The monoisotopic (exact) mass is 392 g/mol. The number of aliphatic hydroxyl groups is 1. The van der Waals surface area contributed by atoms with Gasteiger partial charge in [-0.3, -0.25) is 9.28 Å². The Balaban J connectivity index is 2.30. The second kappa shape index (κ2) is 14.6. The number of hydrogen-bond acceptors (Lipinski definition) is 3. The largest absolute Gasteiger partial charge is 0.413 e. The zero-order chi connectivity index (χ0) is 20.7. The molecule has 0 fully saturated rings. The van der Waals surface area contributed by atoms with E-state index in [2.05, 4.69) is 19.1 Å². The molecule has 0 saturated heterocycles. The Morgan fingerprint density at radius 1 is 1.00 bits per heavy atom. The van der Waals surface area contributed by atoms with Gasteiger partial charge in [-0.2, -0.15) is 0 Å². The molecule has 0 aliphatic rings. The smallest absolute Gasteiger partial charge is 0.310 e. The van der Waals surface area contributed by atoms with E-state index >= 15 is 0 Å². The molecule has 0 radical (unpaired) electrons. The van der Waals surface area contributed by atoms with Crippen molar-refractivity contribution in [3.63, 3.8) is 0 Å². The maximum atomic E-state index is 12.3. The summed E-state index contributed by atoms with van der Waals surface area (Å²) in [5.41, 5.74) is 1.18. The van der Waals surface area contributed by atoms with Crippen molar-refractivity contribution in [1.29, 1.82) is 0 Å². The number of rotatable bonds is 16. The third kappa shape index (κ3) is 10.2. The van der Waals surface area contributed by atoms with Gasteiger partial charge in [0, 0.05) is 18.9 Å². The van der Waals surface area contributed by atoms with Gasteiger partial charge in [-0.05, 0) is 6.42 Å². The third-order valence-electron chi connectivity index (χ3n) is 5.66. The fraction of sp³-hybridized carbons (Fsp3) is 0.708. The summed E-state index contributed by atoms with van der Waals surface area (Å²) in [6.45, 7) is 5.54. The minimum Gasteiger partial charge on any atom is -0.413 e. The van der Waals surface area contributed by atoms with Crippen molar-refractivity contribution in [1.82, 2.24) is 0 Å². The van der Waals surface area contributed by atoms with E-state index in [0.717, 1.165) is 19.4 Å². The Labute approximate surface area is 172 Å². The molecular formula is C24H42NO3+. The van der Waals surface area contributed by atoms with Crippen LogP contribution in [0.5, 0.6) is 0 Å². The lowest BCUT2D eigenvalue weighted by Crippen LogP contribution is -2.53. The van der Waals surface area contributed by atoms with E-state index in [1.165, 1.54) is 50.5 Å². The van der Waals surface area contributed by atoms with Gasteiger partial charge in [0.05, 0.1) is 13.7 Å². The number of unbranched alkanes of at least 4 members (excludes halogenated alkanes) is 8. The molecule has 0 aliphatic heterocycles. The molecule has 2 unspecified atom stereocenters.